The molecule has 3 aromatic heterocycles. The van der Waals surface area contributed by atoms with Crippen molar-refractivity contribution in [1.29, 1.82) is 0 Å². The maximum absolute atomic E-state index is 17.6. The SMILES string of the molecule is Cc1ccnc(C)c1C(=O)Oc1cc2c3c(cccc3c1)CCCOC(=O)N[C@]1(C)CCCN(C1)c1nc(OC[C@@]34CCCN3C[C@H](F)C4)nc3c(F)c-2ncc13.[HH]. The van der Waals surface area contributed by atoms with Crippen LogP contribution >= 0.6 is 0 Å². The average molecular weight is 780 g/mol. The topological polar surface area (TPSA) is 132 Å². The number of pyridine rings is 2. The number of hydrogen-bond acceptors (Lipinski definition) is 11. The zero-order chi connectivity index (χ0) is 39.5. The van der Waals surface area contributed by atoms with E-state index in [1.54, 1.807) is 37.5 Å². The lowest BCUT2D eigenvalue weighted by Gasteiger charge is -2.41. The van der Waals surface area contributed by atoms with E-state index in [1.807, 2.05) is 36.9 Å². The number of amides is 1. The smallest absolute Gasteiger partial charge is 0.407 e. The van der Waals surface area contributed by atoms with Crippen molar-refractivity contribution in [1.82, 2.24) is 30.2 Å². The van der Waals surface area contributed by atoms with Gasteiger partial charge in [-0.05, 0) is 106 Å². The van der Waals surface area contributed by atoms with Crippen LogP contribution in [0.2, 0.25) is 0 Å². The van der Waals surface area contributed by atoms with Gasteiger partial charge in [0.05, 0.1) is 34.3 Å². The second kappa shape index (κ2) is 14.5. The third-order valence-corrected chi connectivity index (χ3v) is 12.2. The van der Waals surface area contributed by atoms with Gasteiger partial charge < -0.3 is 24.4 Å². The highest BCUT2D eigenvalue weighted by Crippen LogP contribution is 2.42. The van der Waals surface area contributed by atoms with E-state index in [0.717, 1.165) is 36.9 Å². The van der Waals surface area contributed by atoms with Crippen molar-refractivity contribution in [3.63, 3.8) is 0 Å². The summed E-state index contributed by atoms with van der Waals surface area (Å²) in [4.78, 5) is 49.6. The van der Waals surface area contributed by atoms with Crippen LogP contribution in [-0.2, 0) is 11.2 Å². The molecule has 10 rings (SSSR count). The lowest BCUT2D eigenvalue weighted by Crippen LogP contribution is -2.57. The van der Waals surface area contributed by atoms with E-state index in [2.05, 4.69) is 15.2 Å². The Hall–Kier alpha value is -5.50. The highest BCUT2D eigenvalue weighted by molar-refractivity contribution is 6.02. The van der Waals surface area contributed by atoms with Crippen molar-refractivity contribution < 1.29 is 34.0 Å². The maximum Gasteiger partial charge on any atom is 0.407 e. The number of ether oxygens (including phenoxy) is 3. The van der Waals surface area contributed by atoms with Crippen LogP contribution in [0.4, 0.5) is 19.4 Å². The average Bonchev–Trinajstić information content (AvgIpc) is 3.70. The summed E-state index contributed by atoms with van der Waals surface area (Å²) in [6.45, 7) is 7.98. The molecule has 1 N–H and O–H groups in total. The van der Waals surface area contributed by atoms with E-state index in [1.165, 1.54) is 0 Å². The Morgan fingerprint density at radius 1 is 1.11 bits per heavy atom. The number of esters is 1. The number of benzene rings is 2. The third kappa shape index (κ3) is 6.87. The summed E-state index contributed by atoms with van der Waals surface area (Å²) < 4.78 is 50.3. The summed E-state index contributed by atoms with van der Waals surface area (Å²) in [6.07, 6.45) is 6.30. The van der Waals surface area contributed by atoms with Crippen molar-refractivity contribution in [2.75, 3.05) is 44.3 Å². The number of carbonyl (C=O) groups is 2. The predicted octanol–water partition coefficient (Wildman–Crippen LogP) is 7.45. The van der Waals surface area contributed by atoms with Crippen LogP contribution in [-0.4, -0.2) is 93.5 Å². The number of piperidine rings is 1. The summed E-state index contributed by atoms with van der Waals surface area (Å²) in [7, 11) is 0. The van der Waals surface area contributed by atoms with Crippen molar-refractivity contribution in [2.45, 2.75) is 83.0 Å². The number of anilines is 1. The van der Waals surface area contributed by atoms with Gasteiger partial charge in [0.15, 0.2) is 5.82 Å². The lowest BCUT2D eigenvalue weighted by atomic mass is 9.91. The molecule has 3 saturated heterocycles. The second-order valence-corrected chi connectivity index (χ2v) is 16.3. The van der Waals surface area contributed by atoms with Crippen LogP contribution in [0.1, 0.15) is 74.1 Å². The largest absolute Gasteiger partial charge is 0.461 e. The van der Waals surface area contributed by atoms with Gasteiger partial charge in [-0.15, -0.1) is 0 Å². The highest BCUT2D eigenvalue weighted by atomic mass is 19.1. The number of fused-ring (bicyclic) bond motifs is 7. The first-order valence-electron chi connectivity index (χ1n) is 19.8. The molecule has 3 fully saturated rings. The number of alkyl halides is 1. The standard InChI is InChI=1S/C43H45F2N7O5.H2/c1-25-11-14-46-26(2)33(25)39(53)57-30-18-28-9-4-8-27-10-5-17-55-41(54)50-42(3)12-6-15-51(23-42)38-32-21-47-36(31(19-30)34(27)28)35(45)37(32)48-40(49-38)56-24-43-13-7-16-52(43)22-29(44)20-43;/h4,8-9,11,14,18-19,21,29H,5-7,10,12-13,15-17,20,22-24H2,1-3H3,(H,50,54);1H/t29-,42-,43+;/m1./s1. The van der Waals surface area contributed by atoms with E-state index >= 15 is 4.39 Å². The Morgan fingerprint density at radius 2 is 1.96 bits per heavy atom. The molecule has 0 spiro atoms. The summed E-state index contributed by atoms with van der Waals surface area (Å²) >= 11 is 0. The predicted molar refractivity (Wildman–Crippen MR) is 212 cm³/mol. The number of carbonyl (C=O) groups excluding carboxylic acids is 2. The Kier molecular flexibility index (Phi) is 9.41. The second-order valence-electron chi connectivity index (χ2n) is 16.3. The summed E-state index contributed by atoms with van der Waals surface area (Å²) in [5.74, 6) is -0.644. The summed E-state index contributed by atoms with van der Waals surface area (Å²) in [5, 5.41) is 4.87. The fourth-order valence-electron chi connectivity index (χ4n) is 9.49. The van der Waals surface area contributed by atoms with Crippen LogP contribution in [0.25, 0.3) is 32.9 Å². The Balaban J connectivity index is 0.00000469. The van der Waals surface area contributed by atoms with E-state index < -0.39 is 35.1 Å². The first kappa shape index (κ1) is 37.1. The number of alkyl carbamates (subject to hydrolysis) is 1. The van der Waals surface area contributed by atoms with Gasteiger partial charge in [0, 0.05) is 45.4 Å². The van der Waals surface area contributed by atoms with Crippen LogP contribution in [0.5, 0.6) is 11.8 Å². The lowest BCUT2D eigenvalue weighted by molar-refractivity contribution is 0.0733. The highest BCUT2D eigenvalue weighted by Gasteiger charge is 2.49. The van der Waals surface area contributed by atoms with Gasteiger partial charge in [0.2, 0.25) is 0 Å². The molecule has 1 amide bonds. The molecular weight excluding hydrogens is 733 g/mol. The van der Waals surface area contributed by atoms with Crippen LogP contribution < -0.4 is 19.7 Å². The van der Waals surface area contributed by atoms with Crippen LogP contribution in [0.3, 0.4) is 0 Å². The third-order valence-electron chi connectivity index (χ3n) is 12.2. The molecule has 0 aliphatic carbocycles. The number of nitrogens with zero attached hydrogens (tertiary/aromatic N) is 6. The zero-order valence-electron chi connectivity index (χ0n) is 32.4. The quantitative estimate of drug-likeness (QED) is 0.141. The molecule has 12 nitrogen and oxygen atoms in total. The minimum Gasteiger partial charge on any atom is -0.461 e. The molecule has 5 aliphatic heterocycles. The molecular formula is C43H47F2N7O5. The molecule has 0 saturated carbocycles. The first-order valence-corrected chi connectivity index (χ1v) is 19.8. The fourth-order valence-corrected chi connectivity index (χ4v) is 9.49. The number of aromatic nitrogens is 4. The number of hydrogen-bond donors (Lipinski definition) is 1. The molecule has 0 unspecified atom stereocenters. The number of rotatable bonds is 5. The first-order chi connectivity index (χ1) is 27.5. The van der Waals surface area contributed by atoms with Gasteiger partial charge in [-0.25, -0.2) is 18.4 Å². The molecule has 8 heterocycles. The van der Waals surface area contributed by atoms with Gasteiger partial charge in [0.25, 0.3) is 0 Å². The van der Waals surface area contributed by atoms with E-state index in [0.29, 0.717) is 84.1 Å². The van der Waals surface area contributed by atoms with E-state index in [-0.39, 0.29) is 37.6 Å². The minimum absolute atomic E-state index is 0. The van der Waals surface area contributed by atoms with Crippen molar-refractivity contribution in [3.8, 4) is 23.0 Å². The molecule has 3 atom stereocenters. The van der Waals surface area contributed by atoms with Gasteiger partial charge in [-0.3, -0.25) is 14.9 Å². The maximum atomic E-state index is 17.6. The monoisotopic (exact) mass is 779 g/mol. The molecule has 2 aromatic carbocycles. The summed E-state index contributed by atoms with van der Waals surface area (Å²) in [5.41, 5.74) is 1.77. The van der Waals surface area contributed by atoms with Crippen molar-refractivity contribution in [2.24, 2.45) is 0 Å². The van der Waals surface area contributed by atoms with Crippen LogP contribution in [0, 0.1) is 19.7 Å². The van der Waals surface area contributed by atoms with E-state index in [4.69, 9.17) is 29.2 Å². The Labute approximate surface area is 330 Å². The van der Waals surface area contributed by atoms with Gasteiger partial charge in [-0.1, -0.05) is 18.2 Å². The molecule has 5 aromatic rings. The van der Waals surface area contributed by atoms with Gasteiger partial charge in [-0.2, -0.15) is 9.97 Å². The number of aryl methyl sites for hydroxylation is 3. The molecule has 14 heteroatoms. The minimum atomic E-state index is -0.943. The Morgan fingerprint density at radius 3 is 2.82 bits per heavy atom. The Bertz CT molecular complexity index is 2420. The molecule has 6 bridgehead atoms. The van der Waals surface area contributed by atoms with E-state index in [9.17, 15) is 14.0 Å². The molecule has 298 valence electrons. The van der Waals surface area contributed by atoms with Crippen molar-refractivity contribution >= 4 is 39.6 Å². The van der Waals surface area contributed by atoms with Gasteiger partial charge in [0.1, 0.15) is 35.6 Å². The van der Waals surface area contributed by atoms with Gasteiger partial charge >= 0.3 is 18.1 Å². The van der Waals surface area contributed by atoms with Crippen molar-refractivity contribution in [3.05, 3.63) is 77.0 Å². The molecule has 57 heavy (non-hydrogen) atoms. The summed E-state index contributed by atoms with van der Waals surface area (Å²) in [6, 6.07) is 10.8. The zero-order valence-corrected chi connectivity index (χ0v) is 32.4. The molecule has 0 radical (unpaired) electrons. The normalized spacial score (nSPS) is 23.7. The fraction of sp³-hybridized carbons (Fsp3) is 0.442. The molecule has 5 aliphatic rings. The number of nitrogens with one attached hydrogen (secondary N) is 1. The number of halogens is 2. The van der Waals surface area contributed by atoms with Crippen LogP contribution in [0.15, 0.2) is 48.8 Å².